The second kappa shape index (κ2) is 7.21. The number of hydrogen-bond donors (Lipinski definition) is 1. The van der Waals surface area contributed by atoms with Crippen LogP contribution in [0.2, 0.25) is 0 Å². The predicted molar refractivity (Wildman–Crippen MR) is 101 cm³/mol. The fourth-order valence-electron chi connectivity index (χ4n) is 3.34. The van der Waals surface area contributed by atoms with Crippen molar-refractivity contribution in [2.24, 2.45) is 0 Å². The van der Waals surface area contributed by atoms with Crippen molar-refractivity contribution in [3.8, 4) is 0 Å². The fraction of sp³-hybridized carbons (Fsp3) is 0.316. The molecule has 150 valence electrons. The number of alkyl halides is 3. The molecule has 5 nitrogen and oxygen atoms in total. The summed E-state index contributed by atoms with van der Waals surface area (Å²) in [6, 6.07) is 7.83. The van der Waals surface area contributed by atoms with E-state index in [2.05, 4.69) is 5.10 Å². The summed E-state index contributed by atoms with van der Waals surface area (Å²) in [4.78, 5) is -0.127. The lowest BCUT2D eigenvalue weighted by molar-refractivity contribution is -0.154. The van der Waals surface area contributed by atoms with Gasteiger partial charge in [0.05, 0.1) is 17.0 Å². The van der Waals surface area contributed by atoms with E-state index >= 15 is 0 Å². The number of rotatable bonds is 5. The van der Waals surface area contributed by atoms with Gasteiger partial charge in [-0.3, -0.25) is 4.68 Å². The normalized spacial score (nSPS) is 13.8. The van der Waals surface area contributed by atoms with Crippen molar-refractivity contribution in [1.29, 1.82) is 0 Å². The van der Waals surface area contributed by atoms with Gasteiger partial charge < -0.3 is 0 Å². The van der Waals surface area contributed by atoms with Crippen LogP contribution < -0.4 is 4.72 Å². The van der Waals surface area contributed by atoms with Gasteiger partial charge in [0.2, 0.25) is 10.0 Å². The van der Waals surface area contributed by atoms with E-state index in [9.17, 15) is 21.6 Å². The third-order valence-corrected chi connectivity index (χ3v) is 6.17. The van der Waals surface area contributed by atoms with E-state index in [0.717, 1.165) is 10.2 Å². The van der Waals surface area contributed by atoms with Crippen molar-refractivity contribution < 1.29 is 21.6 Å². The van der Waals surface area contributed by atoms with Crippen LogP contribution in [0, 0.1) is 20.8 Å². The first-order valence-electron chi connectivity index (χ1n) is 8.56. The van der Waals surface area contributed by atoms with Crippen LogP contribution in [0.5, 0.6) is 0 Å². The molecule has 0 saturated carbocycles. The number of sulfonamides is 1. The summed E-state index contributed by atoms with van der Waals surface area (Å²) in [5.41, 5.74) is 2.17. The molecular formula is C19H20F3N3O2S. The number of aromatic nitrogens is 2. The van der Waals surface area contributed by atoms with Crippen molar-refractivity contribution >= 4 is 20.9 Å². The molecule has 0 aliphatic heterocycles. The molecule has 0 bridgehead atoms. The summed E-state index contributed by atoms with van der Waals surface area (Å²) in [5, 5.41) is 4.77. The van der Waals surface area contributed by atoms with Gasteiger partial charge in [-0.05, 0) is 38.0 Å². The van der Waals surface area contributed by atoms with Crippen LogP contribution in [-0.2, 0) is 16.6 Å². The molecule has 3 rings (SSSR count). The van der Waals surface area contributed by atoms with Gasteiger partial charge in [0.1, 0.15) is 6.04 Å². The largest absolute Gasteiger partial charge is 0.406 e. The molecule has 1 heterocycles. The molecule has 1 atom stereocenters. The fourth-order valence-corrected chi connectivity index (χ4v) is 5.01. The zero-order chi connectivity index (χ0) is 20.7. The summed E-state index contributed by atoms with van der Waals surface area (Å²) < 4.78 is 69.3. The molecule has 28 heavy (non-hydrogen) atoms. The van der Waals surface area contributed by atoms with Crippen molar-refractivity contribution in [1.82, 2.24) is 14.5 Å². The van der Waals surface area contributed by atoms with E-state index in [1.165, 1.54) is 6.20 Å². The van der Waals surface area contributed by atoms with E-state index in [-0.39, 0.29) is 4.90 Å². The Morgan fingerprint density at radius 3 is 2.29 bits per heavy atom. The molecule has 3 aromatic rings. The average Bonchev–Trinajstić information content (AvgIpc) is 2.94. The van der Waals surface area contributed by atoms with Gasteiger partial charge in [0.15, 0.2) is 0 Å². The van der Waals surface area contributed by atoms with Crippen LogP contribution in [0.25, 0.3) is 10.9 Å². The Balaban J connectivity index is 1.95. The maximum atomic E-state index is 13.6. The minimum atomic E-state index is -4.78. The Morgan fingerprint density at radius 1 is 1.11 bits per heavy atom. The Bertz CT molecular complexity index is 1060. The van der Waals surface area contributed by atoms with Crippen molar-refractivity contribution in [3.63, 3.8) is 0 Å². The average molecular weight is 411 g/mol. The third-order valence-electron chi connectivity index (χ3n) is 4.40. The standard InChI is InChI=1S/C19H20F3N3O2S/c1-12-8-13(2)18(14(3)9-12)28(26,27)24-17(19(20,21)22)11-25-10-15-6-4-5-7-16(15)23-25/h4-10,17,24H,11H2,1-3H3. The first-order valence-corrected chi connectivity index (χ1v) is 10.0. The predicted octanol–water partition coefficient (Wildman–Crippen LogP) is 3.87. The Labute approximate surface area is 161 Å². The first kappa shape index (κ1) is 20.3. The molecule has 0 radical (unpaired) electrons. The van der Waals surface area contributed by atoms with Gasteiger partial charge in [0, 0.05) is 11.6 Å². The molecular weight excluding hydrogens is 391 g/mol. The number of fused-ring (bicyclic) bond motifs is 1. The van der Waals surface area contributed by atoms with E-state index in [4.69, 9.17) is 0 Å². The van der Waals surface area contributed by atoms with Crippen LogP contribution in [0.3, 0.4) is 0 Å². The van der Waals surface area contributed by atoms with E-state index in [1.807, 2.05) is 4.72 Å². The van der Waals surface area contributed by atoms with Crippen LogP contribution in [0.4, 0.5) is 13.2 Å². The molecule has 1 aromatic heterocycles. The molecule has 0 aliphatic rings. The lowest BCUT2D eigenvalue weighted by atomic mass is 10.1. The summed E-state index contributed by atoms with van der Waals surface area (Å²) >= 11 is 0. The summed E-state index contributed by atoms with van der Waals surface area (Å²) in [5.74, 6) is 0. The van der Waals surface area contributed by atoms with Crippen LogP contribution in [-0.4, -0.2) is 30.4 Å². The second-order valence-corrected chi connectivity index (χ2v) is 8.50. The minimum absolute atomic E-state index is 0.127. The number of hydrogen-bond acceptors (Lipinski definition) is 3. The smallest absolute Gasteiger partial charge is 0.270 e. The molecule has 0 fully saturated rings. The maximum Gasteiger partial charge on any atom is 0.406 e. The number of nitrogens with one attached hydrogen (secondary N) is 1. The van der Waals surface area contributed by atoms with Crippen molar-refractivity contribution in [3.05, 3.63) is 59.3 Å². The summed E-state index contributed by atoms with van der Waals surface area (Å²) in [6.07, 6.45) is -3.32. The van der Waals surface area contributed by atoms with Crippen LogP contribution >= 0.6 is 0 Å². The molecule has 1 unspecified atom stereocenters. The van der Waals surface area contributed by atoms with Gasteiger partial charge in [0.25, 0.3) is 0 Å². The highest BCUT2D eigenvalue weighted by molar-refractivity contribution is 7.89. The summed E-state index contributed by atoms with van der Waals surface area (Å²) in [7, 11) is -4.38. The minimum Gasteiger partial charge on any atom is -0.270 e. The quantitative estimate of drug-likeness (QED) is 0.693. The number of benzene rings is 2. The highest BCUT2D eigenvalue weighted by Crippen LogP contribution is 2.27. The maximum absolute atomic E-state index is 13.6. The Morgan fingerprint density at radius 2 is 1.71 bits per heavy atom. The van der Waals surface area contributed by atoms with Gasteiger partial charge in [-0.15, -0.1) is 0 Å². The van der Waals surface area contributed by atoms with Crippen molar-refractivity contribution in [2.75, 3.05) is 0 Å². The monoisotopic (exact) mass is 411 g/mol. The third kappa shape index (κ3) is 4.20. The topological polar surface area (TPSA) is 64.0 Å². The zero-order valence-electron chi connectivity index (χ0n) is 15.6. The van der Waals surface area contributed by atoms with E-state index in [0.29, 0.717) is 22.0 Å². The van der Waals surface area contributed by atoms with E-state index < -0.39 is 28.8 Å². The highest BCUT2D eigenvalue weighted by Gasteiger charge is 2.43. The van der Waals surface area contributed by atoms with Gasteiger partial charge in [-0.25, -0.2) is 8.42 Å². The molecule has 0 amide bonds. The molecule has 1 N–H and O–H groups in total. The number of halogens is 3. The van der Waals surface area contributed by atoms with E-state index in [1.54, 1.807) is 57.2 Å². The SMILES string of the molecule is Cc1cc(C)c(S(=O)(=O)NC(Cn2cc3ccccc3n2)C(F)(F)F)c(C)c1. The second-order valence-electron chi connectivity index (χ2n) is 6.85. The lowest BCUT2D eigenvalue weighted by Gasteiger charge is -2.23. The molecule has 0 spiro atoms. The Kier molecular flexibility index (Phi) is 5.24. The Hall–Kier alpha value is -2.39. The van der Waals surface area contributed by atoms with Gasteiger partial charge in [-0.1, -0.05) is 35.9 Å². The first-order chi connectivity index (χ1) is 13.0. The molecule has 0 saturated heterocycles. The van der Waals surface area contributed by atoms with Crippen LogP contribution in [0.1, 0.15) is 16.7 Å². The van der Waals surface area contributed by atoms with Gasteiger partial charge in [-0.2, -0.15) is 23.0 Å². The lowest BCUT2D eigenvalue weighted by Crippen LogP contribution is -2.48. The summed E-state index contributed by atoms with van der Waals surface area (Å²) in [6.45, 7) is 4.26. The number of aryl methyl sites for hydroxylation is 3. The van der Waals surface area contributed by atoms with Gasteiger partial charge >= 0.3 is 6.18 Å². The van der Waals surface area contributed by atoms with Crippen LogP contribution in [0.15, 0.2) is 47.5 Å². The highest BCUT2D eigenvalue weighted by atomic mass is 32.2. The molecule has 0 aliphatic carbocycles. The zero-order valence-corrected chi connectivity index (χ0v) is 16.4. The number of nitrogens with zero attached hydrogens (tertiary/aromatic N) is 2. The van der Waals surface area contributed by atoms with Crippen molar-refractivity contribution in [2.45, 2.75) is 44.4 Å². The molecule has 2 aromatic carbocycles. The molecule has 9 heteroatoms.